The molecule has 1 aromatic heterocycles. The topological polar surface area (TPSA) is 58.2 Å². The van der Waals surface area contributed by atoms with Crippen LogP contribution in [-0.4, -0.2) is 34.2 Å². The summed E-state index contributed by atoms with van der Waals surface area (Å²) >= 11 is 0. The molecule has 2 aromatic rings. The van der Waals surface area contributed by atoms with E-state index < -0.39 is 17.6 Å². The number of nitrogens with one attached hydrogen (secondary N) is 1. The number of aromatic nitrogens is 2. The largest absolute Gasteiger partial charge is 0.416 e. The molecule has 2 heterocycles. The lowest BCUT2D eigenvalue weighted by molar-refractivity contribution is -0.138. The van der Waals surface area contributed by atoms with E-state index in [0.717, 1.165) is 17.3 Å². The van der Waals surface area contributed by atoms with E-state index >= 15 is 0 Å². The van der Waals surface area contributed by atoms with Gasteiger partial charge in [0.1, 0.15) is 0 Å². The molecule has 0 unspecified atom stereocenters. The highest BCUT2D eigenvalue weighted by molar-refractivity contribution is 5.94. The second kappa shape index (κ2) is 6.75. The molecule has 1 aliphatic rings. The molecule has 0 saturated heterocycles. The molecule has 0 radical (unpaired) electrons. The highest BCUT2D eigenvalue weighted by Gasteiger charge is 2.34. The first-order valence-corrected chi connectivity index (χ1v) is 8.31. The zero-order chi connectivity index (χ0) is 19.1. The number of ether oxygens (including phenoxy) is 1. The molecule has 26 heavy (non-hydrogen) atoms. The van der Waals surface area contributed by atoms with Gasteiger partial charge in [-0.15, -0.1) is 0 Å². The molecular formula is C18H20F3N3O2. The third-order valence-corrected chi connectivity index (χ3v) is 4.51. The first kappa shape index (κ1) is 18.4. The second-order valence-electron chi connectivity index (χ2n) is 6.57. The van der Waals surface area contributed by atoms with E-state index in [1.807, 2.05) is 13.8 Å². The molecule has 0 saturated carbocycles. The van der Waals surface area contributed by atoms with Crippen LogP contribution in [0.3, 0.4) is 0 Å². The first-order valence-electron chi connectivity index (χ1n) is 8.31. The summed E-state index contributed by atoms with van der Waals surface area (Å²) in [5, 5.41) is 6.93. The van der Waals surface area contributed by atoms with Crippen LogP contribution >= 0.6 is 0 Å². The summed E-state index contributed by atoms with van der Waals surface area (Å²) in [6.07, 6.45) is -4.20. The number of hydrogen-bond donors (Lipinski definition) is 1. The Morgan fingerprint density at radius 2 is 2.04 bits per heavy atom. The summed E-state index contributed by atoms with van der Waals surface area (Å²) in [7, 11) is 1.47. The summed E-state index contributed by atoms with van der Waals surface area (Å²) in [6.45, 7) is 3.62. The predicted octanol–water partition coefficient (Wildman–Crippen LogP) is 3.72. The summed E-state index contributed by atoms with van der Waals surface area (Å²) in [6, 6.07) is 5.26. The number of hydrogen-bond acceptors (Lipinski definition) is 3. The number of halogens is 3. The molecule has 1 aromatic carbocycles. The van der Waals surface area contributed by atoms with E-state index in [9.17, 15) is 18.0 Å². The molecule has 0 bridgehead atoms. The van der Waals surface area contributed by atoms with Crippen molar-refractivity contribution in [3.8, 4) is 0 Å². The summed E-state index contributed by atoms with van der Waals surface area (Å²) in [5.74, 6) is -0.416. The van der Waals surface area contributed by atoms with Crippen LogP contribution in [0.5, 0.6) is 0 Å². The Hall–Kier alpha value is -2.35. The van der Waals surface area contributed by atoms with Gasteiger partial charge in [0.05, 0.1) is 23.5 Å². The zero-order valence-electron chi connectivity index (χ0n) is 14.7. The van der Waals surface area contributed by atoms with Crippen molar-refractivity contribution in [1.29, 1.82) is 0 Å². The Kier molecular flexibility index (Phi) is 4.79. The minimum atomic E-state index is -4.46. The Morgan fingerprint density at radius 1 is 1.35 bits per heavy atom. The Labute approximate surface area is 149 Å². The normalized spacial score (nSPS) is 19.9. The maximum absolute atomic E-state index is 13.1. The fourth-order valence-corrected chi connectivity index (χ4v) is 3.29. The van der Waals surface area contributed by atoms with E-state index in [0.29, 0.717) is 6.42 Å². The van der Waals surface area contributed by atoms with Crippen LogP contribution in [0.1, 0.15) is 52.8 Å². The Balaban J connectivity index is 1.85. The van der Waals surface area contributed by atoms with Gasteiger partial charge in [0, 0.05) is 25.6 Å². The van der Waals surface area contributed by atoms with Crippen molar-refractivity contribution in [3.05, 3.63) is 52.3 Å². The Morgan fingerprint density at radius 3 is 2.73 bits per heavy atom. The van der Waals surface area contributed by atoms with Gasteiger partial charge in [-0.25, -0.2) is 0 Å². The molecule has 8 heteroatoms. The predicted molar refractivity (Wildman–Crippen MR) is 88.5 cm³/mol. The average molecular weight is 367 g/mol. The van der Waals surface area contributed by atoms with Gasteiger partial charge in [-0.2, -0.15) is 18.3 Å². The van der Waals surface area contributed by atoms with Crippen molar-refractivity contribution in [2.24, 2.45) is 0 Å². The van der Waals surface area contributed by atoms with E-state index in [-0.39, 0.29) is 30.0 Å². The molecule has 1 N–H and O–H groups in total. The van der Waals surface area contributed by atoms with E-state index in [1.54, 1.807) is 0 Å². The monoisotopic (exact) mass is 367 g/mol. The van der Waals surface area contributed by atoms with Crippen LogP contribution < -0.4 is 0 Å². The minimum absolute atomic E-state index is 0.0466. The van der Waals surface area contributed by atoms with Gasteiger partial charge in [-0.3, -0.25) is 9.89 Å². The van der Waals surface area contributed by atoms with E-state index in [4.69, 9.17) is 4.74 Å². The number of alkyl halides is 3. The number of rotatable bonds is 3. The van der Waals surface area contributed by atoms with Gasteiger partial charge in [-0.05, 0) is 25.5 Å². The molecule has 140 valence electrons. The Bertz CT molecular complexity index is 816. The molecule has 0 spiro atoms. The third kappa shape index (κ3) is 3.46. The summed E-state index contributed by atoms with van der Waals surface area (Å²) in [5.41, 5.74) is 1.08. The number of carbonyl (C=O) groups excluding carboxylic acids is 1. The van der Waals surface area contributed by atoms with Gasteiger partial charge in [0.25, 0.3) is 5.91 Å². The maximum atomic E-state index is 13.1. The van der Waals surface area contributed by atoms with E-state index in [2.05, 4.69) is 10.2 Å². The maximum Gasteiger partial charge on any atom is 0.416 e. The SMILES string of the molecule is C[C@@H]1Cc2c(C(=O)N(C)Cc3ccccc3C(F)(F)F)n[nH]c2[C@H](C)O1. The molecule has 5 nitrogen and oxygen atoms in total. The fourth-order valence-electron chi connectivity index (χ4n) is 3.29. The quantitative estimate of drug-likeness (QED) is 0.899. The fraction of sp³-hybridized carbons (Fsp3) is 0.444. The lowest BCUT2D eigenvalue weighted by atomic mass is 9.99. The van der Waals surface area contributed by atoms with Crippen LogP contribution in [0.2, 0.25) is 0 Å². The van der Waals surface area contributed by atoms with Crippen LogP contribution in [0.4, 0.5) is 13.2 Å². The molecule has 3 rings (SSSR count). The highest BCUT2D eigenvalue weighted by Crippen LogP contribution is 2.33. The van der Waals surface area contributed by atoms with Crippen LogP contribution in [0.15, 0.2) is 24.3 Å². The standard InChI is InChI=1S/C18H20F3N3O2/c1-10-8-13-15(11(2)26-10)22-23-16(13)17(25)24(3)9-12-6-4-5-7-14(12)18(19,20)21/h4-7,10-11H,8-9H2,1-3H3,(H,22,23)/t10-,11+/m1/s1. The van der Waals surface area contributed by atoms with Crippen LogP contribution in [0.25, 0.3) is 0 Å². The van der Waals surface area contributed by atoms with Crippen molar-refractivity contribution >= 4 is 5.91 Å². The number of amides is 1. The van der Waals surface area contributed by atoms with Gasteiger partial charge < -0.3 is 9.64 Å². The first-order chi connectivity index (χ1) is 12.2. The van der Waals surface area contributed by atoms with Crippen molar-refractivity contribution in [2.45, 2.75) is 45.2 Å². The number of fused-ring (bicyclic) bond motifs is 1. The molecule has 2 atom stereocenters. The minimum Gasteiger partial charge on any atom is -0.369 e. The van der Waals surface area contributed by atoms with Crippen molar-refractivity contribution in [3.63, 3.8) is 0 Å². The number of H-pyrrole nitrogens is 1. The van der Waals surface area contributed by atoms with Crippen molar-refractivity contribution in [1.82, 2.24) is 15.1 Å². The lowest BCUT2D eigenvalue weighted by Crippen LogP contribution is -2.30. The third-order valence-electron chi connectivity index (χ3n) is 4.51. The molecule has 1 aliphatic heterocycles. The lowest BCUT2D eigenvalue weighted by Gasteiger charge is -2.26. The number of nitrogens with zero attached hydrogens (tertiary/aromatic N) is 2. The van der Waals surface area contributed by atoms with Gasteiger partial charge >= 0.3 is 6.18 Å². The molecule has 0 aliphatic carbocycles. The number of carbonyl (C=O) groups is 1. The van der Waals surface area contributed by atoms with Gasteiger partial charge in [-0.1, -0.05) is 18.2 Å². The van der Waals surface area contributed by atoms with Crippen LogP contribution in [0, 0.1) is 0 Å². The molecule has 0 fully saturated rings. The molecular weight excluding hydrogens is 347 g/mol. The molecule has 1 amide bonds. The summed E-state index contributed by atoms with van der Waals surface area (Å²) < 4.78 is 45.1. The number of aromatic amines is 1. The van der Waals surface area contributed by atoms with Crippen molar-refractivity contribution < 1.29 is 22.7 Å². The smallest absolute Gasteiger partial charge is 0.369 e. The van der Waals surface area contributed by atoms with E-state index in [1.165, 1.54) is 30.1 Å². The summed E-state index contributed by atoms with van der Waals surface area (Å²) in [4.78, 5) is 14.0. The average Bonchev–Trinajstić information content (AvgIpc) is 2.97. The van der Waals surface area contributed by atoms with Crippen molar-refractivity contribution in [2.75, 3.05) is 7.05 Å². The highest BCUT2D eigenvalue weighted by atomic mass is 19.4. The van der Waals surface area contributed by atoms with Crippen LogP contribution in [-0.2, 0) is 23.9 Å². The zero-order valence-corrected chi connectivity index (χ0v) is 14.7. The van der Waals surface area contributed by atoms with Gasteiger partial charge in [0.2, 0.25) is 0 Å². The second-order valence-corrected chi connectivity index (χ2v) is 6.57. The number of benzene rings is 1. The van der Waals surface area contributed by atoms with Gasteiger partial charge in [0.15, 0.2) is 5.69 Å².